The Morgan fingerprint density at radius 2 is 1.45 bits per heavy atom. The van der Waals surface area contributed by atoms with Crippen molar-refractivity contribution in [3.63, 3.8) is 0 Å². The molecule has 0 bridgehead atoms. The number of nitrogens with zero attached hydrogens (tertiary/aromatic N) is 3. The van der Waals surface area contributed by atoms with Gasteiger partial charge in [0.2, 0.25) is 11.8 Å². The van der Waals surface area contributed by atoms with Gasteiger partial charge in [0.15, 0.2) is 5.78 Å². The van der Waals surface area contributed by atoms with Crippen LogP contribution in [0.1, 0.15) is 21.5 Å². The minimum Gasteiger partial charge on any atom is -0.425 e. The highest BCUT2D eigenvalue weighted by atomic mass is 16.6. The average Bonchev–Trinajstić information content (AvgIpc) is 3.53. The number of carbonyl (C=O) groups is 4. The highest BCUT2D eigenvalue weighted by molar-refractivity contribution is 6.24. The molecule has 2 saturated heterocycles. The van der Waals surface area contributed by atoms with Crippen LogP contribution in [0.25, 0.3) is 6.08 Å². The van der Waals surface area contributed by atoms with Crippen molar-refractivity contribution in [2.24, 2.45) is 11.8 Å². The summed E-state index contributed by atoms with van der Waals surface area (Å²) < 4.78 is 5.80. The maximum Gasteiger partial charge on any atom is 0.335 e. The van der Waals surface area contributed by atoms with Crippen LogP contribution >= 0.6 is 0 Å². The van der Waals surface area contributed by atoms with E-state index in [9.17, 15) is 29.3 Å². The predicted molar refractivity (Wildman–Crippen MR) is 160 cm³/mol. The third kappa shape index (κ3) is 4.27. The summed E-state index contributed by atoms with van der Waals surface area (Å²) >= 11 is 0. The monoisotopic (exact) mass is 585 g/mol. The highest BCUT2D eigenvalue weighted by Crippen LogP contribution is 2.49. The Balaban J connectivity index is 1.23. The number of hydrogen-bond donors (Lipinski definition) is 0. The quantitative estimate of drug-likeness (QED) is 0.0787. The summed E-state index contributed by atoms with van der Waals surface area (Å²) in [6.45, 7) is 0. The molecular weight excluding hydrogens is 562 g/mol. The van der Waals surface area contributed by atoms with Crippen molar-refractivity contribution in [2.75, 3.05) is 9.80 Å². The molecule has 2 fully saturated rings. The van der Waals surface area contributed by atoms with Gasteiger partial charge in [0.05, 0.1) is 28.5 Å². The molecule has 0 aromatic heterocycles. The zero-order valence-corrected chi connectivity index (χ0v) is 23.0. The Morgan fingerprint density at radius 1 is 0.773 bits per heavy atom. The van der Waals surface area contributed by atoms with E-state index in [-0.39, 0.29) is 22.9 Å². The molecule has 4 atom stereocenters. The van der Waals surface area contributed by atoms with Crippen LogP contribution in [0.15, 0.2) is 109 Å². The highest BCUT2D eigenvalue weighted by Gasteiger charge is 2.65. The molecule has 0 radical (unpaired) electrons. The van der Waals surface area contributed by atoms with Gasteiger partial charge in [-0.15, -0.1) is 0 Å². The molecule has 3 heterocycles. The number of esters is 1. The van der Waals surface area contributed by atoms with E-state index in [2.05, 4.69) is 0 Å². The van der Waals surface area contributed by atoms with E-state index in [4.69, 9.17) is 4.74 Å². The van der Waals surface area contributed by atoms with Crippen LogP contribution in [-0.2, 0) is 14.4 Å². The van der Waals surface area contributed by atoms with Crippen LogP contribution in [-0.4, -0.2) is 40.6 Å². The van der Waals surface area contributed by atoms with Crippen LogP contribution in [0.2, 0.25) is 0 Å². The fourth-order valence-electron chi connectivity index (χ4n) is 6.39. The normalized spacial score (nSPS) is 21.5. The second-order valence-corrected chi connectivity index (χ2v) is 10.7. The maximum absolute atomic E-state index is 14.0. The van der Waals surface area contributed by atoms with Crippen molar-refractivity contribution in [3.05, 3.63) is 136 Å². The van der Waals surface area contributed by atoms with Gasteiger partial charge in [-0.25, -0.2) is 9.69 Å². The van der Waals surface area contributed by atoms with Gasteiger partial charge in [0.1, 0.15) is 11.8 Å². The predicted octanol–water partition coefficient (Wildman–Crippen LogP) is 4.82. The van der Waals surface area contributed by atoms with Crippen LogP contribution < -0.4 is 14.5 Å². The number of ether oxygens (including phenoxy) is 1. The molecule has 0 aliphatic carbocycles. The molecule has 0 saturated carbocycles. The number of nitro groups is 1. The molecule has 4 aromatic carbocycles. The molecule has 10 nitrogen and oxygen atoms in total. The number of benzene rings is 4. The van der Waals surface area contributed by atoms with Gasteiger partial charge in [-0.2, -0.15) is 0 Å². The average molecular weight is 586 g/mol. The number of para-hydroxylation sites is 1. The van der Waals surface area contributed by atoms with Crippen molar-refractivity contribution < 1.29 is 28.8 Å². The number of ketones is 1. The standard InChI is InChI=1S/C34H23N3O7/c38-31(21-8-2-1-3-9-21)22-13-16-25(17-14-22)44-34(41)30-29-28(27-18-15-20-7-4-5-12-26(20)36(27)30)32(39)35(33(29)40)23-10-6-11-24(19-23)37(42)43/h1-19,27-30H/t27-,28-,29-,30-/m1/s1. The third-order valence-electron chi connectivity index (χ3n) is 8.33. The lowest BCUT2D eigenvalue weighted by atomic mass is 9.89. The van der Waals surface area contributed by atoms with E-state index in [0.29, 0.717) is 16.8 Å². The van der Waals surface area contributed by atoms with Crippen LogP contribution in [0.4, 0.5) is 17.1 Å². The first kappa shape index (κ1) is 27.0. The van der Waals surface area contributed by atoms with Gasteiger partial charge >= 0.3 is 5.97 Å². The molecule has 3 aliphatic rings. The second-order valence-electron chi connectivity index (χ2n) is 10.7. The fourth-order valence-corrected chi connectivity index (χ4v) is 6.39. The Kier molecular flexibility index (Phi) is 6.39. The van der Waals surface area contributed by atoms with Crippen LogP contribution in [0.5, 0.6) is 5.75 Å². The molecule has 216 valence electrons. The molecule has 0 N–H and O–H groups in total. The Bertz CT molecular complexity index is 1890. The number of fused-ring (bicyclic) bond motifs is 5. The minimum absolute atomic E-state index is 0.0705. The number of amides is 2. The van der Waals surface area contributed by atoms with Gasteiger partial charge in [0, 0.05) is 28.9 Å². The molecule has 4 aromatic rings. The van der Waals surface area contributed by atoms with E-state index in [0.717, 1.165) is 10.5 Å². The SMILES string of the molecule is O=C(c1ccccc1)c1ccc(OC(=O)[C@H]2[C@@H]3C(=O)N(c4cccc([N+](=O)[O-])c4)C(=O)[C@@H]3[C@H]3C=Cc4ccccc4N32)cc1. The number of rotatable bonds is 6. The fraction of sp³-hybridized carbons (Fsp3) is 0.118. The van der Waals surface area contributed by atoms with Gasteiger partial charge in [0.25, 0.3) is 5.69 Å². The smallest absolute Gasteiger partial charge is 0.335 e. The lowest BCUT2D eigenvalue weighted by Crippen LogP contribution is -2.50. The first-order valence-electron chi connectivity index (χ1n) is 13.9. The third-order valence-corrected chi connectivity index (χ3v) is 8.33. The van der Waals surface area contributed by atoms with E-state index < -0.39 is 46.6 Å². The summed E-state index contributed by atoms with van der Waals surface area (Å²) in [7, 11) is 0. The zero-order chi connectivity index (χ0) is 30.5. The van der Waals surface area contributed by atoms with Crippen molar-refractivity contribution in [1.29, 1.82) is 0 Å². The zero-order valence-electron chi connectivity index (χ0n) is 23.0. The molecule has 2 amide bonds. The van der Waals surface area contributed by atoms with Crippen molar-refractivity contribution in [3.8, 4) is 5.75 Å². The van der Waals surface area contributed by atoms with Gasteiger partial charge in [-0.05, 0) is 42.0 Å². The van der Waals surface area contributed by atoms with E-state index in [1.807, 2.05) is 36.4 Å². The summed E-state index contributed by atoms with van der Waals surface area (Å²) in [4.78, 5) is 68.2. The van der Waals surface area contributed by atoms with E-state index >= 15 is 0 Å². The molecule has 0 spiro atoms. The Labute approximate surface area is 250 Å². The summed E-state index contributed by atoms with van der Waals surface area (Å²) in [6, 6.07) is 25.8. The number of carbonyl (C=O) groups excluding carboxylic acids is 4. The molecule has 0 unspecified atom stereocenters. The van der Waals surface area contributed by atoms with E-state index in [1.165, 1.54) is 36.4 Å². The topological polar surface area (TPSA) is 127 Å². The lowest BCUT2D eigenvalue weighted by Gasteiger charge is -2.36. The number of anilines is 2. The summed E-state index contributed by atoms with van der Waals surface area (Å²) in [5, 5.41) is 11.4. The van der Waals surface area contributed by atoms with Crippen molar-refractivity contribution in [1.82, 2.24) is 0 Å². The first-order chi connectivity index (χ1) is 21.3. The van der Waals surface area contributed by atoms with Crippen molar-refractivity contribution >= 4 is 46.7 Å². The number of hydrogen-bond acceptors (Lipinski definition) is 8. The Hall–Kier alpha value is -5.90. The summed E-state index contributed by atoms with van der Waals surface area (Å²) in [6.07, 6.45) is 3.66. The van der Waals surface area contributed by atoms with Gasteiger partial charge in [-0.1, -0.05) is 66.7 Å². The van der Waals surface area contributed by atoms with Crippen LogP contribution in [0, 0.1) is 22.0 Å². The second kappa shape index (κ2) is 10.4. The minimum atomic E-state index is -1.16. The molecule has 10 heteroatoms. The van der Waals surface area contributed by atoms with Gasteiger partial charge in [-0.3, -0.25) is 24.5 Å². The molecular formula is C34H23N3O7. The summed E-state index contributed by atoms with van der Waals surface area (Å²) in [5.41, 5.74) is 2.24. The lowest BCUT2D eigenvalue weighted by molar-refractivity contribution is -0.384. The maximum atomic E-state index is 14.0. The van der Waals surface area contributed by atoms with Crippen molar-refractivity contribution in [2.45, 2.75) is 12.1 Å². The van der Waals surface area contributed by atoms with E-state index in [1.54, 1.807) is 47.4 Å². The number of imide groups is 1. The number of nitro benzene ring substituents is 1. The van der Waals surface area contributed by atoms with Crippen LogP contribution in [0.3, 0.4) is 0 Å². The molecule has 3 aliphatic heterocycles. The summed E-state index contributed by atoms with van der Waals surface area (Å²) in [5.74, 6) is -3.95. The number of non-ortho nitro benzene ring substituents is 1. The largest absolute Gasteiger partial charge is 0.425 e. The molecule has 44 heavy (non-hydrogen) atoms. The molecule has 7 rings (SSSR count). The first-order valence-corrected chi connectivity index (χ1v) is 13.9. The Morgan fingerprint density at radius 3 is 2.20 bits per heavy atom. The van der Waals surface area contributed by atoms with Gasteiger partial charge < -0.3 is 9.64 Å².